The zero-order chi connectivity index (χ0) is 10.6. The number of nitrogens with zero attached hydrogens (tertiary/aromatic N) is 6. The van der Waals surface area contributed by atoms with Crippen molar-refractivity contribution < 1.29 is 0 Å². The van der Waals surface area contributed by atoms with Crippen LogP contribution in [-0.2, 0) is 14.1 Å². The lowest BCUT2D eigenvalue weighted by molar-refractivity contribution is 0.714. The van der Waals surface area contributed by atoms with Gasteiger partial charge in [-0.2, -0.15) is 0 Å². The molecule has 0 aromatic carbocycles. The molecule has 2 rings (SSSR count). The summed E-state index contributed by atoms with van der Waals surface area (Å²) in [5.74, 6) is 0. The fraction of sp³-hybridized carbons (Fsp3) is 0.500. The van der Waals surface area contributed by atoms with E-state index in [9.17, 15) is 0 Å². The molecular weight excluding hydrogens is 180 g/mol. The van der Waals surface area contributed by atoms with Gasteiger partial charge in [0.05, 0.1) is 11.4 Å². The molecule has 0 bridgehead atoms. The standard InChI is InChI=1S/2C4H7N3/c2*1-4-3-7(2)6-5-4/h2*3H,1-2H3. The van der Waals surface area contributed by atoms with E-state index in [4.69, 9.17) is 0 Å². The van der Waals surface area contributed by atoms with E-state index in [1.54, 1.807) is 9.36 Å². The first-order valence-corrected chi connectivity index (χ1v) is 4.24. The van der Waals surface area contributed by atoms with E-state index in [-0.39, 0.29) is 0 Å². The van der Waals surface area contributed by atoms with E-state index in [0.29, 0.717) is 0 Å². The minimum Gasteiger partial charge on any atom is -0.255 e. The molecule has 0 spiro atoms. The summed E-state index contributed by atoms with van der Waals surface area (Å²) < 4.78 is 3.35. The van der Waals surface area contributed by atoms with Crippen molar-refractivity contribution in [3.63, 3.8) is 0 Å². The fourth-order valence-corrected chi connectivity index (χ4v) is 0.926. The molecule has 0 saturated heterocycles. The highest BCUT2D eigenvalue weighted by Crippen LogP contribution is 1.83. The van der Waals surface area contributed by atoms with Crippen LogP contribution in [0.25, 0.3) is 0 Å². The molecule has 0 amide bonds. The lowest BCUT2D eigenvalue weighted by Crippen LogP contribution is -1.85. The van der Waals surface area contributed by atoms with Gasteiger partial charge in [-0.05, 0) is 13.8 Å². The Balaban J connectivity index is 0.000000140. The molecule has 2 heterocycles. The molecule has 0 fully saturated rings. The van der Waals surface area contributed by atoms with Crippen molar-refractivity contribution in [3.05, 3.63) is 23.8 Å². The SMILES string of the molecule is Cc1cn(C)nn1.Cc1cn(C)nn1. The van der Waals surface area contributed by atoms with Crippen LogP contribution in [0.2, 0.25) is 0 Å². The Hall–Kier alpha value is -1.72. The third kappa shape index (κ3) is 3.34. The van der Waals surface area contributed by atoms with Crippen LogP contribution in [0.3, 0.4) is 0 Å². The summed E-state index contributed by atoms with van der Waals surface area (Å²) in [6, 6.07) is 0. The first-order chi connectivity index (χ1) is 6.58. The van der Waals surface area contributed by atoms with E-state index in [1.165, 1.54) is 0 Å². The minimum atomic E-state index is 0.961. The van der Waals surface area contributed by atoms with Gasteiger partial charge in [-0.1, -0.05) is 10.4 Å². The van der Waals surface area contributed by atoms with Crippen molar-refractivity contribution >= 4 is 0 Å². The Bertz CT molecular complexity index is 317. The van der Waals surface area contributed by atoms with Crippen LogP contribution in [-0.4, -0.2) is 30.0 Å². The van der Waals surface area contributed by atoms with Crippen LogP contribution < -0.4 is 0 Å². The van der Waals surface area contributed by atoms with Gasteiger partial charge in [0.2, 0.25) is 0 Å². The van der Waals surface area contributed by atoms with Gasteiger partial charge >= 0.3 is 0 Å². The maximum Gasteiger partial charge on any atom is 0.0796 e. The highest BCUT2D eigenvalue weighted by molar-refractivity contribution is 4.85. The molecular formula is C8H14N6. The van der Waals surface area contributed by atoms with E-state index >= 15 is 0 Å². The van der Waals surface area contributed by atoms with Crippen LogP contribution in [0.15, 0.2) is 12.4 Å². The minimum absolute atomic E-state index is 0.961. The van der Waals surface area contributed by atoms with Crippen molar-refractivity contribution in [1.29, 1.82) is 0 Å². The zero-order valence-corrected chi connectivity index (χ0v) is 8.84. The molecule has 76 valence electrons. The van der Waals surface area contributed by atoms with Crippen LogP contribution in [0, 0.1) is 13.8 Å². The second kappa shape index (κ2) is 4.50. The van der Waals surface area contributed by atoms with Crippen molar-refractivity contribution in [2.45, 2.75) is 13.8 Å². The Kier molecular flexibility index (Phi) is 3.33. The average Bonchev–Trinajstić information content (AvgIpc) is 2.63. The first-order valence-electron chi connectivity index (χ1n) is 4.24. The number of aromatic nitrogens is 6. The number of rotatable bonds is 0. The van der Waals surface area contributed by atoms with Gasteiger partial charge in [-0.15, -0.1) is 10.2 Å². The van der Waals surface area contributed by atoms with Crippen LogP contribution >= 0.6 is 0 Å². The summed E-state index contributed by atoms with van der Waals surface area (Å²) in [4.78, 5) is 0. The zero-order valence-electron chi connectivity index (χ0n) is 8.84. The molecule has 2 aromatic rings. The van der Waals surface area contributed by atoms with Crippen molar-refractivity contribution in [3.8, 4) is 0 Å². The monoisotopic (exact) mass is 194 g/mol. The first kappa shape index (κ1) is 10.4. The highest BCUT2D eigenvalue weighted by atomic mass is 15.4. The number of aryl methyl sites for hydroxylation is 4. The van der Waals surface area contributed by atoms with Gasteiger partial charge in [0, 0.05) is 26.5 Å². The summed E-state index contributed by atoms with van der Waals surface area (Å²) >= 11 is 0. The lowest BCUT2D eigenvalue weighted by Gasteiger charge is -1.75. The molecule has 6 nitrogen and oxygen atoms in total. The molecule has 14 heavy (non-hydrogen) atoms. The summed E-state index contributed by atoms with van der Waals surface area (Å²) in [5, 5.41) is 14.8. The van der Waals surface area contributed by atoms with Crippen molar-refractivity contribution in [2.24, 2.45) is 14.1 Å². The Labute approximate surface area is 82.5 Å². The molecule has 0 aliphatic heterocycles. The predicted octanol–water partition coefficient (Wildman–Crippen LogP) is 0.247. The molecule has 0 atom stereocenters. The molecule has 0 aliphatic carbocycles. The molecule has 0 radical (unpaired) electrons. The smallest absolute Gasteiger partial charge is 0.0796 e. The maximum absolute atomic E-state index is 3.73. The molecule has 0 N–H and O–H groups in total. The second-order valence-electron chi connectivity index (χ2n) is 3.07. The molecule has 0 aliphatic rings. The second-order valence-corrected chi connectivity index (χ2v) is 3.07. The number of hydrogen-bond acceptors (Lipinski definition) is 4. The van der Waals surface area contributed by atoms with E-state index < -0.39 is 0 Å². The van der Waals surface area contributed by atoms with Crippen LogP contribution in [0.5, 0.6) is 0 Å². The fourth-order valence-electron chi connectivity index (χ4n) is 0.926. The maximum atomic E-state index is 3.73. The van der Waals surface area contributed by atoms with Crippen LogP contribution in [0.1, 0.15) is 11.4 Å². The molecule has 0 saturated carbocycles. The van der Waals surface area contributed by atoms with Gasteiger partial charge in [-0.25, -0.2) is 0 Å². The number of hydrogen-bond donors (Lipinski definition) is 0. The van der Waals surface area contributed by atoms with Gasteiger partial charge in [0.25, 0.3) is 0 Å². The van der Waals surface area contributed by atoms with E-state index in [0.717, 1.165) is 11.4 Å². The third-order valence-corrected chi connectivity index (χ3v) is 1.43. The third-order valence-electron chi connectivity index (χ3n) is 1.43. The molecule has 2 aromatic heterocycles. The van der Waals surface area contributed by atoms with Gasteiger partial charge in [-0.3, -0.25) is 9.36 Å². The lowest BCUT2D eigenvalue weighted by atomic mass is 10.6. The van der Waals surface area contributed by atoms with E-state index in [2.05, 4.69) is 20.6 Å². The highest BCUT2D eigenvalue weighted by Gasteiger charge is 1.84. The predicted molar refractivity (Wildman–Crippen MR) is 51.5 cm³/mol. The summed E-state index contributed by atoms with van der Waals surface area (Å²) in [6.07, 6.45) is 3.72. The van der Waals surface area contributed by atoms with Gasteiger partial charge in [0.15, 0.2) is 0 Å². The Morgan fingerprint density at radius 2 is 1.21 bits per heavy atom. The Morgan fingerprint density at radius 1 is 0.857 bits per heavy atom. The van der Waals surface area contributed by atoms with Gasteiger partial charge in [0.1, 0.15) is 0 Å². The van der Waals surface area contributed by atoms with Crippen LogP contribution in [0.4, 0.5) is 0 Å². The van der Waals surface area contributed by atoms with Crippen molar-refractivity contribution in [2.75, 3.05) is 0 Å². The normalized spacial score (nSPS) is 9.43. The quantitative estimate of drug-likeness (QED) is 0.603. The summed E-state index contributed by atoms with van der Waals surface area (Å²) in [7, 11) is 3.69. The topological polar surface area (TPSA) is 61.4 Å². The average molecular weight is 194 g/mol. The van der Waals surface area contributed by atoms with E-state index in [1.807, 2.05) is 40.3 Å². The molecule has 0 unspecified atom stereocenters. The van der Waals surface area contributed by atoms with Crippen molar-refractivity contribution in [1.82, 2.24) is 30.0 Å². The van der Waals surface area contributed by atoms with Gasteiger partial charge < -0.3 is 0 Å². The molecule has 6 heteroatoms. The largest absolute Gasteiger partial charge is 0.255 e. The Morgan fingerprint density at radius 3 is 1.29 bits per heavy atom. The summed E-state index contributed by atoms with van der Waals surface area (Å²) in [6.45, 7) is 3.82. The summed E-state index contributed by atoms with van der Waals surface area (Å²) in [5.41, 5.74) is 1.92.